The second-order valence-corrected chi connectivity index (χ2v) is 4.86. The molecule has 20 heavy (non-hydrogen) atoms. The smallest absolute Gasteiger partial charge is 0.260 e. The summed E-state index contributed by atoms with van der Waals surface area (Å²) in [5.41, 5.74) is 11.9. The Balaban J connectivity index is 2.28. The van der Waals surface area contributed by atoms with Crippen LogP contribution < -0.4 is 21.5 Å². The van der Waals surface area contributed by atoms with E-state index in [1.54, 1.807) is 29.6 Å². The number of amides is 2. The van der Waals surface area contributed by atoms with Crippen molar-refractivity contribution in [2.75, 3.05) is 18.2 Å². The van der Waals surface area contributed by atoms with Crippen LogP contribution in [0.4, 0.5) is 10.7 Å². The minimum Gasteiger partial charge on any atom is -0.496 e. The lowest BCUT2D eigenvalue weighted by Gasteiger charge is -2.09. The Bertz CT molecular complexity index is 667. The standard InChI is InChI=1S/C13H13N3O3S/c1-19-10-6-7(14)2-3-8(10)12(18)16-13-9(11(15)17)4-5-20-13/h2-6H,14H2,1H3,(H2,15,17)(H,16,18). The van der Waals surface area contributed by atoms with Gasteiger partial charge in [0.15, 0.2) is 0 Å². The highest BCUT2D eigenvalue weighted by Crippen LogP contribution is 2.26. The normalized spacial score (nSPS) is 10.1. The summed E-state index contributed by atoms with van der Waals surface area (Å²) in [6, 6.07) is 6.27. The Morgan fingerprint density at radius 1 is 1.25 bits per heavy atom. The molecule has 5 N–H and O–H groups in total. The number of hydrogen-bond acceptors (Lipinski definition) is 5. The van der Waals surface area contributed by atoms with Crippen LogP contribution in [0.2, 0.25) is 0 Å². The van der Waals surface area contributed by atoms with Crippen molar-refractivity contribution in [3.63, 3.8) is 0 Å². The molecule has 0 unspecified atom stereocenters. The van der Waals surface area contributed by atoms with Gasteiger partial charge in [-0.1, -0.05) is 0 Å². The maximum Gasteiger partial charge on any atom is 0.260 e. The summed E-state index contributed by atoms with van der Waals surface area (Å²) in [5, 5.41) is 4.72. The van der Waals surface area contributed by atoms with Gasteiger partial charge in [-0.15, -0.1) is 11.3 Å². The minimum atomic E-state index is -0.592. The number of hydrogen-bond donors (Lipinski definition) is 3. The van der Waals surface area contributed by atoms with Gasteiger partial charge in [0.1, 0.15) is 10.8 Å². The van der Waals surface area contributed by atoms with Gasteiger partial charge >= 0.3 is 0 Å². The van der Waals surface area contributed by atoms with Crippen molar-refractivity contribution in [1.82, 2.24) is 0 Å². The maximum absolute atomic E-state index is 12.2. The van der Waals surface area contributed by atoms with E-state index in [4.69, 9.17) is 16.2 Å². The van der Waals surface area contributed by atoms with E-state index in [0.29, 0.717) is 22.0 Å². The average molecular weight is 291 g/mol. The van der Waals surface area contributed by atoms with Crippen LogP contribution in [0.1, 0.15) is 20.7 Å². The molecule has 2 amide bonds. The molecule has 1 aromatic carbocycles. The fourth-order valence-corrected chi connectivity index (χ4v) is 2.45. The molecule has 0 aliphatic heterocycles. The number of rotatable bonds is 4. The summed E-state index contributed by atoms with van der Waals surface area (Å²) in [7, 11) is 1.45. The molecule has 0 atom stereocenters. The van der Waals surface area contributed by atoms with E-state index in [-0.39, 0.29) is 5.56 Å². The number of carbonyl (C=O) groups excluding carboxylic acids is 2. The SMILES string of the molecule is COc1cc(N)ccc1C(=O)Nc1sccc1C(N)=O. The van der Waals surface area contributed by atoms with Crippen molar-refractivity contribution < 1.29 is 14.3 Å². The van der Waals surface area contributed by atoms with E-state index in [9.17, 15) is 9.59 Å². The van der Waals surface area contributed by atoms with E-state index < -0.39 is 11.8 Å². The molecule has 7 heteroatoms. The number of nitrogens with two attached hydrogens (primary N) is 2. The maximum atomic E-state index is 12.2. The molecular formula is C13H13N3O3S. The summed E-state index contributed by atoms with van der Waals surface area (Å²) < 4.78 is 5.12. The minimum absolute atomic E-state index is 0.276. The molecule has 0 radical (unpaired) electrons. The van der Waals surface area contributed by atoms with Gasteiger partial charge in [-0.25, -0.2) is 0 Å². The lowest BCUT2D eigenvalue weighted by atomic mass is 10.1. The number of thiophene rings is 1. The van der Waals surface area contributed by atoms with Crippen LogP contribution in [0.15, 0.2) is 29.6 Å². The molecule has 0 saturated heterocycles. The van der Waals surface area contributed by atoms with E-state index in [0.717, 1.165) is 0 Å². The Morgan fingerprint density at radius 3 is 2.65 bits per heavy atom. The van der Waals surface area contributed by atoms with Crippen LogP contribution in [0.3, 0.4) is 0 Å². The molecule has 0 fully saturated rings. The second kappa shape index (κ2) is 5.62. The largest absolute Gasteiger partial charge is 0.496 e. The molecule has 1 heterocycles. The first-order valence-electron chi connectivity index (χ1n) is 5.65. The van der Waals surface area contributed by atoms with Gasteiger partial charge in [-0.3, -0.25) is 9.59 Å². The van der Waals surface area contributed by atoms with E-state index in [1.165, 1.54) is 18.4 Å². The van der Waals surface area contributed by atoms with Crippen molar-refractivity contribution in [2.24, 2.45) is 5.73 Å². The zero-order valence-corrected chi connectivity index (χ0v) is 11.5. The van der Waals surface area contributed by atoms with Crippen molar-refractivity contribution in [3.8, 4) is 5.75 Å². The molecule has 0 saturated carbocycles. The molecule has 6 nitrogen and oxygen atoms in total. The molecule has 0 bridgehead atoms. The van der Waals surface area contributed by atoms with Crippen LogP contribution in [0.25, 0.3) is 0 Å². The van der Waals surface area contributed by atoms with E-state index in [2.05, 4.69) is 5.32 Å². The predicted molar refractivity (Wildman–Crippen MR) is 78.2 cm³/mol. The molecule has 104 valence electrons. The van der Waals surface area contributed by atoms with E-state index >= 15 is 0 Å². The topological polar surface area (TPSA) is 107 Å². The average Bonchev–Trinajstić information content (AvgIpc) is 2.86. The summed E-state index contributed by atoms with van der Waals surface area (Å²) >= 11 is 1.22. The summed E-state index contributed by atoms with van der Waals surface area (Å²) in [6.07, 6.45) is 0. The van der Waals surface area contributed by atoms with Crippen LogP contribution in [-0.4, -0.2) is 18.9 Å². The van der Waals surface area contributed by atoms with Crippen molar-refractivity contribution in [1.29, 1.82) is 0 Å². The fraction of sp³-hybridized carbons (Fsp3) is 0.0769. The number of anilines is 2. The third-order valence-electron chi connectivity index (χ3n) is 2.63. The van der Waals surface area contributed by atoms with Crippen LogP contribution >= 0.6 is 11.3 Å². The molecule has 1 aromatic heterocycles. The van der Waals surface area contributed by atoms with Gasteiger partial charge in [0.05, 0.1) is 18.2 Å². The van der Waals surface area contributed by atoms with Gasteiger partial charge < -0.3 is 21.5 Å². The molecule has 2 rings (SSSR count). The van der Waals surface area contributed by atoms with Crippen molar-refractivity contribution >= 4 is 33.8 Å². The Labute approximate surface area is 119 Å². The van der Waals surface area contributed by atoms with Crippen LogP contribution in [0.5, 0.6) is 5.75 Å². The monoisotopic (exact) mass is 291 g/mol. The number of nitrogen functional groups attached to an aromatic ring is 1. The quantitative estimate of drug-likeness (QED) is 0.745. The highest BCUT2D eigenvalue weighted by atomic mass is 32.1. The molecule has 2 aromatic rings. The third kappa shape index (κ3) is 2.72. The Kier molecular flexibility index (Phi) is 3.90. The number of ether oxygens (including phenoxy) is 1. The molecule has 0 aliphatic carbocycles. The first-order valence-corrected chi connectivity index (χ1v) is 6.53. The number of primary amides is 1. The van der Waals surface area contributed by atoms with Crippen LogP contribution in [0, 0.1) is 0 Å². The van der Waals surface area contributed by atoms with Crippen LogP contribution in [-0.2, 0) is 0 Å². The first-order chi connectivity index (χ1) is 9.52. The first kappa shape index (κ1) is 13.9. The zero-order chi connectivity index (χ0) is 14.7. The highest BCUT2D eigenvalue weighted by Gasteiger charge is 2.16. The number of carbonyl (C=O) groups is 2. The fourth-order valence-electron chi connectivity index (χ4n) is 1.67. The lowest BCUT2D eigenvalue weighted by molar-refractivity contribution is 0.100. The zero-order valence-electron chi connectivity index (χ0n) is 10.7. The van der Waals surface area contributed by atoms with Crippen molar-refractivity contribution in [2.45, 2.75) is 0 Å². The number of nitrogens with one attached hydrogen (secondary N) is 1. The Morgan fingerprint density at radius 2 is 2.00 bits per heavy atom. The van der Waals surface area contributed by atoms with Gasteiger partial charge in [0.2, 0.25) is 0 Å². The van der Waals surface area contributed by atoms with Gasteiger partial charge in [0, 0.05) is 11.8 Å². The number of methoxy groups -OCH3 is 1. The summed E-state index contributed by atoms with van der Waals surface area (Å²) in [6.45, 7) is 0. The Hall–Kier alpha value is -2.54. The predicted octanol–water partition coefficient (Wildman–Crippen LogP) is 1.69. The molecular weight excluding hydrogens is 278 g/mol. The third-order valence-corrected chi connectivity index (χ3v) is 3.46. The van der Waals surface area contributed by atoms with Gasteiger partial charge in [0.25, 0.3) is 11.8 Å². The highest BCUT2D eigenvalue weighted by molar-refractivity contribution is 7.14. The molecule has 0 aliphatic rings. The molecule has 0 spiro atoms. The van der Waals surface area contributed by atoms with E-state index in [1.807, 2.05) is 0 Å². The lowest BCUT2D eigenvalue weighted by Crippen LogP contribution is -2.17. The van der Waals surface area contributed by atoms with Gasteiger partial charge in [-0.2, -0.15) is 0 Å². The summed E-state index contributed by atoms with van der Waals surface area (Å²) in [4.78, 5) is 23.4. The van der Waals surface area contributed by atoms with Gasteiger partial charge in [-0.05, 0) is 23.6 Å². The summed E-state index contributed by atoms with van der Waals surface area (Å²) in [5.74, 6) is -0.627. The second-order valence-electron chi connectivity index (χ2n) is 3.94. The van der Waals surface area contributed by atoms with Crippen molar-refractivity contribution in [3.05, 3.63) is 40.8 Å². The number of benzene rings is 1.